The Morgan fingerprint density at radius 3 is 2.85 bits per heavy atom. The second-order valence-electron chi connectivity index (χ2n) is 9.50. The molecule has 1 aliphatic heterocycles. The molecule has 1 saturated heterocycles. The topological polar surface area (TPSA) is 82.0 Å². The summed E-state index contributed by atoms with van der Waals surface area (Å²) in [6.45, 7) is 1.40. The molecule has 0 unspecified atom stereocenters. The molecule has 1 saturated carbocycles. The third-order valence-corrected chi connectivity index (χ3v) is 6.87. The first kappa shape index (κ1) is 20.4. The lowest BCUT2D eigenvalue weighted by atomic mass is 10.0. The van der Waals surface area contributed by atoms with Crippen LogP contribution in [-0.2, 0) is 13.6 Å². The van der Waals surface area contributed by atoms with E-state index < -0.39 is 6.17 Å². The van der Waals surface area contributed by atoms with Gasteiger partial charge >= 0.3 is 0 Å². The molecule has 2 atom stereocenters. The number of carbonyl (C=O) groups is 1. The van der Waals surface area contributed by atoms with Gasteiger partial charge in [-0.25, -0.2) is 14.4 Å². The van der Waals surface area contributed by atoms with E-state index in [4.69, 9.17) is 10.7 Å². The smallest absolute Gasteiger partial charge is 0.254 e. The van der Waals surface area contributed by atoms with Gasteiger partial charge in [0.25, 0.3) is 5.91 Å². The van der Waals surface area contributed by atoms with Gasteiger partial charge in [0.2, 0.25) is 0 Å². The van der Waals surface area contributed by atoms with E-state index in [1.54, 1.807) is 12.1 Å². The van der Waals surface area contributed by atoms with E-state index in [2.05, 4.69) is 26.3 Å². The maximum atomic E-state index is 14.0. The standard InChI is InChI=1S/C25H27FN6O/c1-30-21-7-6-17(25(33)31-13-18(26)11-19(27)14-31)9-20(21)29-24(30)22-10-16-3-2-8-28-23(16)32(22)12-15-4-5-15/h2-3,6-10,15,18-19H,4-5,11-14,27H2,1H3/t18-,19+/m0/s1. The monoisotopic (exact) mass is 446 g/mol. The summed E-state index contributed by atoms with van der Waals surface area (Å²) in [5.74, 6) is 1.33. The summed E-state index contributed by atoms with van der Waals surface area (Å²) in [4.78, 5) is 24.1. The number of aryl methyl sites for hydroxylation is 1. The molecule has 4 heterocycles. The van der Waals surface area contributed by atoms with Crippen molar-refractivity contribution in [2.45, 2.75) is 38.0 Å². The number of benzene rings is 1. The van der Waals surface area contributed by atoms with Gasteiger partial charge in [-0.1, -0.05) is 0 Å². The van der Waals surface area contributed by atoms with E-state index in [-0.39, 0.29) is 18.5 Å². The lowest BCUT2D eigenvalue weighted by Gasteiger charge is -2.33. The van der Waals surface area contributed by atoms with Gasteiger partial charge in [-0.3, -0.25) is 4.79 Å². The van der Waals surface area contributed by atoms with Crippen LogP contribution >= 0.6 is 0 Å². The van der Waals surface area contributed by atoms with Crippen molar-refractivity contribution in [1.29, 1.82) is 0 Å². The van der Waals surface area contributed by atoms with E-state index in [1.807, 2.05) is 25.4 Å². The molecule has 1 aromatic carbocycles. The molecule has 33 heavy (non-hydrogen) atoms. The Morgan fingerprint density at radius 1 is 1.21 bits per heavy atom. The van der Waals surface area contributed by atoms with Gasteiger partial charge in [0.15, 0.2) is 5.82 Å². The number of rotatable bonds is 4. The van der Waals surface area contributed by atoms with Crippen molar-refractivity contribution in [3.05, 3.63) is 48.2 Å². The number of nitrogens with two attached hydrogens (primary N) is 1. The number of nitrogens with zero attached hydrogens (tertiary/aromatic N) is 5. The number of likely N-dealkylation sites (tertiary alicyclic amines) is 1. The summed E-state index contributed by atoms with van der Waals surface area (Å²) in [5, 5.41) is 1.10. The number of hydrogen-bond acceptors (Lipinski definition) is 4. The van der Waals surface area contributed by atoms with E-state index >= 15 is 0 Å². The predicted molar refractivity (Wildman–Crippen MR) is 126 cm³/mol. The normalized spacial score (nSPS) is 21.2. The van der Waals surface area contributed by atoms with Crippen LogP contribution in [0.15, 0.2) is 42.6 Å². The molecular weight excluding hydrogens is 419 g/mol. The number of pyridine rings is 1. The molecule has 1 aliphatic carbocycles. The average Bonchev–Trinajstić information content (AvgIpc) is 3.47. The van der Waals surface area contributed by atoms with Crippen LogP contribution in [-0.4, -0.2) is 55.2 Å². The molecule has 2 fully saturated rings. The van der Waals surface area contributed by atoms with Crippen molar-refractivity contribution < 1.29 is 9.18 Å². The van der Waals surface area contributed by atoms with E-state index in [1.165, 1.54) is 17.7 Å². The molecule has 4 aromatic rings. The fraction of sp³-hybridized carbons (Fsp3) is 0.400. The van der Waals surface area contributed by atoms with Crippen LogP contribution in [0.5, 0.6) is 0 Å². The molecule has 0 bridgehead atoms. The lowest BCUT2D eigenvalue weighted by Crippen LogP contribution is -2.50. The summed E-state index contributed by atoms with van der Waals surface area (Å²) >= 11 is 0. The Labute approximate surface area is 191 Å². The summed E-state index contributed by atoms with van der Waals surface area (Å²) < 4.78 is 18.3. The summed E-state index contributed by atoms with van der Waals surface area (Å²) in [6.07, 6.45) is 3.55. The predicted octanol–water partition coefficient (Wildman–Crippen LogP) is 3.51. The first-order valence-corrected chi connectivity index (χ1v) is 11.6. The van der Waals surface area contributed by atoms with Crippen LogP contribution in [0, 0.1) is 5.92 Å². The molecule has 8 heteroatoms. The van der Waals surface area contributed by atoms with Gasteiger partial charge in [-0.2, -0.15) is 0 Å². The number of alkyl halides is 1. The fourth-order valence-electron chi connectivity index (χ4n) is 5.00. The minimum atomic E-state index is -1.08. The highest BCUT2D eigenvalue weighted by Gasteiger charge is 2.29. The molecule has 170 valence electrons. The number of halogens is 1. The maximum Gasteiger partial charge on any atom is 0.254 e. The molecular formula is C25H27FN6O. The number of piperidine rings is 1. The van der Waals surface area contributed by atoms with Crippen molar-refractivity contribution in [2.75, 3.05) is 13.1 Å². The largest absolute Gasteiger partial charge is 0.334 e. The highest BCUT2D eigenvalue weighted by Crippen LogP contribution is 2.36. The van der Waals surface area contributed by atoms with Crippen molar-refractivity contribution in [2.24, 2.45) is 18.7 Å². The Kier molecular flexibility index (Phi) is 4.72. The van der Waals surface area contributed by atoms with Crippen LogP contribution in [0.4, 0.5) is 4.39 Å². The van der Waals surface area contributed by atoms with Crippen LogP contribution in [0.3, 0.4) is 0 Å². The van der Waals surface area contributed by atoms with Crippen LogP contribution < -0.4 is 5.73 Å². The minimum Gasteiger partial charge on any atom is -0.334 e. The minimum absolute atomic E-state index is 0.0896. The number of fused-ring (bicyclic) bond motifs is 2. The molecule has 6 rings (SSSR count). The van der Waals surface area contributed by atoms with Crippen LogP contribution in [0.25, 0.3) is 33.6 Å². The molecule has 0 spiro atoms. The van der Waals surface area contributed by atoms with Crippen molar-refractivity contribution >= 4 is 28.0 Å². The van der Waals surface area contributed by atoms with Gasteiger partial charge in [-0.05, 0) is 61.6 Å². The molecule has 0 radical (unpaired) electrons. The van der Waals surface area contributed by atoms with Crippen molar-refractivity contribution in [3.8, 4) is 11.5 Å². The first-order valence-electron chi connectivity index (χ1n) is 11.6. The van der Waals surface area contributed by atoms with E-state index in [0.29, 0.717) is 24.4 Å². The van der Waals surface area contributed by atoms with E-state index in [9.17, 15) is 9.18 Å². The Hall–Kier alpha value is -3.26. The van der Waals surface area contributed by atoms with Gasteiger partial charge in [-0.15, -0.1) is 0 Å². The second-order valence-corrected chi connectivity index (χ2v) is 9.50. The van der Waals surface area contributed by atoms with Crippen molar-refractivity contribution in [3.63, 3.8) is 0 Å². The van der Waals surface area contributed by atoms with Gasteiger partial charge in [0, 0.05) is 43.3 Å². The van der Waals surface area contributed by atoms with Crippen LogP contribution in [0.2, 0.25) is 0 Å². The second kappa shape index (κ2) is 7.66. The molecule has 2 N–H and O–H groups in total. The Bertz CT molecular complexity index is 1360. The molecule has 1 amide bonds. The number of carbonyl (C=O) groups excluding carboxylic acids is 1. The zero-order valence-electron chi connectivity index (χ0n) is 18.6. The lowest BCUT2D eigenvalue weighted by molar-refractivity contribution is 0.0607. The Morgan fingerprint density at radius 2 is 2.06 bits per heavy atom. The zero-order valence-corrected chi connectivity index (χ0v) is 18.6. The highest BCUT2D eigenvalue weighted by atomic mass is 19.1. The SMILES string of the molecule is Cn1c(-c2cc3cccnc3n2CC2CC2)nc2cc(C(=O)N3C[C@H](N)C[C@H](F)C3)ccc21. The molecule has 2 aliphatic rings. The summed E-state index contributed by atoms with van der Waals surface area (Å²) in [5.41, 5.74) is 10.1. The fourth-order valence-corrected chi connectivity index (χ4v) is 5.00. The third kappa shape index (κ3) is 3.58. The quantitative estimate of drug-likeness (QED) is 0.520. The van der Waals surface area contributed by atoms with Crippen molar-refractivity contribution in [1.82, 2.24) is 24.0 Å². The highest BCUT2D eigenvalue weighted by molar-refractivity contribution is 5.98. The number of hydrogen-bond donors (Lipinski definition) is 1. The van der Waals surface area contributed by atoms with Gasteiger partial charge in [0.1, 0.15) is 11.8 Å². The molecule has 3 aromatic heterocycles. The van der Waals surface area contributed by atoms with Gasteiger partial charge < -0.3 is 19.8 Å². The number of amides is 1. The first-order chi connectivity index (χ1) is 16.0. The molecule has 7 nitrogen and oxygen atoms in total. The number of aromatic nitrogens is 4. The summed E-state index contributed by atoms with van der Waals surface area (Å²) in [7, 11) is 2.00. The van der Waals surface area contributed by atoms with Gasteiger partial charge in [0.05, 0.1) is 23.3 Å². The average molecular weight is 447 g/mol. The zero-order chi connectivity index (χ0) is 22.7. The maximum absolute atomic E-state index is 14.0. The number of imidazole rings is 1. The Balaban J connectivity index is 1.40. The summed E-state index contributed by atoms with van der Waals surface area (Å²) in [6, 6.07) is 11.4. The van der Waals surface area contributed by atoms with E-state index in [0.717, 1.165) is 40.1 Å². The third-order valence-electron chi connectivity index (χ3n) is 6.87. The van der Waals surface area contributed by atoms with Crippen LogP contribution in [0.1, 0.15) is 29.6 Å².